The average molecular weight is 331 g/mol. The highest BCUT2D eigenvalue weighted by Gasteiger charge is 2.16. The summed E-state index contributed by atoms with van der Waals surface area (Å²) in [5.41, 5.74) is 1.32. The molecule has 2 rings (SSSR count). The number of carbonyl (C=O) groups is 1. The Kier molecular flexibility index (Phi) is 5.08. The Morgan fingerprint density at radius 3 is 2.71 bits per heavy atom. The first-order valence-corrected chi connectivity index (χ1v) is 7.26. The van der Waals surface area contributed by atoms with E-state index in [4.69, 9.17) is 33.0 Å². The van der Waals surface area contributed by atoms with Crippen LogP contribution in [0.5, 0.6) is 0 Å². The zero-order chi connectivity index (χ0) is 15.6. The van der Waals surface area contributed by atoms with Crippen molar-refractivity contribution in [2.75, 3.05) is 7.11 Å². The summed E-state index contributed by atoms with van der Waals surface area (Å²) in [5, 5.41) is 9.87. The molecule has 0 bridgehead atoms. The number of imidazole rings is 1. The first-order valence-electron chi connectivity index (χ1n) is 6.51. The molecule has 1 N–H and O–H groups in total. The fraction of sp³-hybridized carbons (Fsp3) is 0.429. The van der Waals surface area contributed by atoms with Crippen LogP contribution in [0.15, 0.2) is 12.1 Å². The van der Waals surface area contributed by atoms with E-state index in [1.54, 1.807) is 23.8 Å². The van der Waals surface area contributed by atoms with Gasteiger partial charge in [-0.15, -0.1) is 0 Å². The fourth-order valence-corrected chi connectivity index (χ4v) is 2.44. The lowest BCUT2D eigenvalue weighted by atomic mass is 10.2. The molecule has 0 radical (unpaired) electrons. The van der Waals surface area contributed by atoms with Crippen LogP contribution in [0.2, 0.25) is 10.0 Å². The predicted molar refractivity (Wildman–Crippen MR) is 82.2 cm³/mol. The molecule has 7 heteroatoms. The van der Waals surface area contributed by atoms with Gasteiger partial charge in [-0.25, -0.2) is 4.98 Å². The summed E-state index contributed by atoms with van der Waals surface area (Å²) in [7, 11) is 1.64. The molecule has 0 aliphatic carbocycles. The lowest BCUT2D eigenvalue weighted by Gasteiger charge is -2.10. The predicted octanol–water partition coefficient (Wildman–Crippen LogP) is 3.40. The molecule has 0 amide bonds. The smallest absolute Gasteiger partial charge is 0.323 e. The molecule has 5 nitrogen and oxygen atoms in total. The van der Waals surface area contributed by atoms with E-state index < -0.39 is 5.97 Å². The van der Waals surface area contributed by atoms with Crippen LogP contribution < -0.4 is 0 Å². The average Bonchev–Trinajstić information content (AvgIpc) is 2.73. The number of hydrogen-bond donors (Lipinski definition) is 1. The second kappa shape index (κ2) is 6.64. The fourth-order valence-electron chi connectivity index (χ4n) is 2.12. The van der Waals surface area contributed by atoms with Crippen LogP contribution >= 0.6 is 23.2 Å². The van der Waals surface area contributed by atoms with Gasteiger partial charge in [-0.1, -0.05) is 23.2 Å². The molecule has 0 saturated carbocycles. The van der Waals surface area contributed by atoms with E-state index in [2.05, 4.69) is 4.98 Å². The number of methoxy groups -OCH3 is 1. The van der Waals surface area contributed by atoms with Crippen LogP contribution in [0.4, 0.5) is 0 Å². The van der Waals surface area contributed by atoms with Crippen molar-refractivity contribution in [1.82, 2.24) is 9.55 Å². The quantitative estimate of drug-likeness (QED) is 0.881. The highest BCUT2D eigenvalue weighted by molar-refractivity contribution is 6.42. The number of nitrogens with zero attached hydrogens (tertiary/aromatic N) is 2. The minimum atomic E-state index is -0.929. The van der Waals surface area contributed by atoms with Gasteiger partial charge < -0.3 is 14.4 Å². The van der Waals surface area contributed by atoms with Gasteiger partial charge in [-0.3, -0.25) is 4.79 Å². The molecule has 1 atom stereocenters. The Hall–Kier alpha value is -1.30. The summed E-state index contributed by atoms with van der Waals surface area (Å²) in [6.07, 6.45) is 1.45. The van der Waals surface area contributed by atoms with Crippen molar-refractivity contribution in [2.45, 2.75) is 32.4 Å². The second-order valence-corrected chi connectivity index (χ2v) is 5.66. The van der Waals surface area contributed by atoms with E-state index in [9.17, 15) is 4.79 Å². The summed E-state index contributed by atoms with van der Waals surface area (Å²) in [6, 6.07) is 3.30. The van der Waals surface area contributed by atoms with E-state index in [1.165, 1.54) is 0 Å². The van der Waals surface area contributed by atoms with Gasteiger partial charge in [0.2, 0.25) is 0 Å². The van der Waals surface area contributed by atoms with Gasteiger partial charge in [-0.05, 0) is 25.5 Å². The van der Waals surface area contributed by atoms with Gasteiger partial charge in [0, 0.05) is 13.5 Å². The zero-order valence-electron chi connectivity index (χ0n) is 11.8. The summed E-state index contributed by atoms with van der Waals surface area (Å²) in [4.78, 5) is 15.6. The lowest BCUT2D eigenvalue weighted by Crippen LogP contribution is -2.14. The van der Waals surface area contributed by atoms with Crippen LogP contribution in [0.25, 0.3) is 11.0 Å². The zero-order valence-corrected chi connectivity index (χ0v) is 13.3. The number of carboxylic acids is 1. The number of hydrogen-bond acceptors (Lipinski definition) is 3. The maximum Gasteiger partial charge on any atom is 0.323 e. The normalized spacial score (nSPS) is 12.8. The summed E-state index contributed by atoms with van der Waals surface area (Å²) < 4.78 is 6.86. The maximum atomic E-state index is 11.1. The summed E-state index contributed by atoms with van der Waals surface area (Å²) in [5.74, 6) is -0.240. The monoisotopic (exact) mass is 330 g/mol. The number of aliphatic carboxylic acids is 1. The summed E-state index contributed by atoms with van der Waals surface area (Å²) in [6.45, 7) is 1.79. The number of halogens is 2. The molecule has 0 spiro atoms. The molecule has 21 heavy (non-hydrogen) atoms. The van der Waals surface area contributed by atoms with Crippen molar-refractivity contribution in [3.05, 3.63) is 28.0 Å². The van der Waals surface area contributed by atoms with Crippen molar-refractivity contribution in [3.8, 4) is 0 Å². The van der Waals surface area contributed by atoms with Crippen molar-refractivity contribution in [3.63, 3.8) is 0 Å². The van der Waals surface area contributed by atoms with E-state index >= 15 is 0 Å². The van der Waals surface area contributed by atoms with Crippen LogP contribution in [-0.4, -0.2) is 33.8 Å². The van der Waals surface area contributed by atoms with Crippen LogP contribution in [0, 0.1) is 0 Å². The van der Waals surface area contributed by atoms with Crippen LogP contribution in [0.1, 0.15) is 19.2 Å². The van der Waals surface area contributed by atoms with Crippen molar-refractivity contribution in [2.24, 2.45) is 0 Å². The number of ether oxygens (including phenoxy) is 1. The molecule has 0 aliphatic heterocycles. The largest absolute Gasteiger partial charge is 0.480 e. The third-order valence-corrected chi connectivity index (χ3v) is 4.06. The first-order chi connectivity index (χ1) is 9.92. The number of aromatic nitrogens is 2. The number of aryl methyl sites for hydroxylation is 1. The molecule has 0 saturated heterocycles. The van der Waals surface area contributed by atoms with E-state index in [0.717, 1.165) is 6.42 Å². The SMILES string of the molecule is COC(C)CCc1nc2cc(Cl)c(Cl)cc2n1CC(=O)O. The van der Waals surface area contributed by atoms with Crippen molar-refractivity contribution < 1.29 is 14.6 Å². The molecule has 2 aromatic rings. The number of carboxylic acid groups (broad SMARTS) is 1. The topological polar surface area (TPSA) is 64.4 Å². The minimum Gasteiger partial charge on any atom is -0.480 e. The Labute approximate surface area is 132 Å². The molecule has 0 aliphatic rings. The van der Waals surface area contributed by atoms with Gasteiger partial charge >= 0.3 is 5.97 Å². The highest BCUT2D eigenvalue weighted by Crippen LogP contribution is 2.28. The van der Waals surface area contributed by atoms with Gasteiger partial charge in [-0.2, -0.15) is 0 Å². The molecule has 1 heterocycles. The van der Waals surface area contributed by atoms with Gasteiger partial charge in [0.25, 0.3) is 0 Å². The molecule has 1 aromatic carbocycles. The summed E-state index contributed by atoms with van der Waals surface area (Å²) >= 11 is 12.0. The Bertz CT molecular complexity index is 670. The number of benzene rings is 1. The number of fused-ring (bicyclic) bond motifs is 1. The highest BCUT2D eigenvalue weighted by atomic mass is 35.5. The standard InChI is InChI=1S/C14H16Cl2N2O3/c1-8(21-2)3-4-13-17-11-5-9(15)10(16)6-12(11)18(13)7-14(19)20/h5-6,8H,3-4,7H2,1-2H3,(H,19,20). The van der Waals surface area contributed by atoms with Crippen LogP contribution in [-0.2, 0) is 22.5 Å². The van der Waals surface area contributed by atoms with Gasteiger partial charge in [0.05, 0.1) is 27.2 Å². The Balaban J connectivity index is 2.44. The second-order valence-electron chi connectivity index (χ2n) is 4.85. The molecule has 114 valence electrons. The van der Waals surface area contributed by atoms with Gasteiger partial charge in [0.15, 0.2) is 0 Å². The Morgan fingerprint density at radius 2 is 2.10 bits per heavy atom. The third kappa shape index (κ3) is 3.67. The molecular weight excluding hydrogens is 315 g/mol. The molecular formula is C14H16Cl2N2O3. The van der Waals surface area contributed by atoms with Crippen molar-refractivity contribution >= 4 is 40.2 Å². The van der Waals surface area contributed by atoms with E-state index in [0.29, 0.717) is 33.3 Å². The van der Waals surface area contributed by atoms with Gasteiger partial charge in [0.1, 0.15) is 12.4 Å². The molecule has 0 fully saturated rings. The Morgan fingerprint density at radius 1 is 1.43 bits per heavy atom. The van der Waals surface area contributed by atoms with Crippen molar-refractivity contribution in [1.29, 1.82) is 0 Å². The first kappa shape index (κ1) is 16.1. The molecule has 1 aromatic heterocycles. The van der Waals surface area contributed by atoms with E-state index in [1.807, 2.05) is 6.92 Å². The third-order valence-electron chi connectivity index (χ3n) is 3.34. The number of rotatable bonds is 6. The lowest BCUT2D eigenvalue weighted by molar-refractivity contribution is -0.137. The maximum absolute atomic E-state index is 11.1. The minimum absolute atomic E-state index is 0.0790. The molecule has 1 unspecified atom stereocenters. The van der Waals surface area contributed by atoms with Crippen LogP contribution in [0.3, 0.4) is 0 Å². The van der Waals surface area contributed by atoms with E-state index in [-0.39, 0.29) is 12.6 Å².